The fourth-order valence-electron chi connectivity index (χ4n) is 3.83. The molecular weight excluding hydrogens is 495 g/mol. The summed E-state index contributed by atoms with van der Waals surface area (Å²) in [4.78, 5) is 48.2. The number of alkyl halides is 2. The Kier molecular flexibility index (Phi) is 8.81. The average molecular weight is 525 g/mol. The van der Waals surface area contributed by atoms with E-state index in [2.05, 4.69) is 16.0 Å². The third kappa shape index (κ3) is 5.57. The number of amides is 3. The summed E-state index contributed by atoms with van der Waals surface area (Å²) < 4.78 is 5.36. The summed E-state index contributed by atoms with van der Waals surface area (Å²) in [5, 5.41) is 38.4. The van der Waals surface area contributed by atoms with Crippen molar-refractivity contribution >= 4 is 46.9 Å². The fraction of sp³-hybridized carbons (Fsp3) is 0.700. The van der Waals surface area contributed by atoms with E-state index in [0.29, 0.717) is 0 Å². The van der Waals surface area contributed by atoms with Gasteiger partial charge < -0.3 is 41.7 Å². The standard InChI is InChI=1S/C20H30Cl2N4O8/c1-6(23)15(30)24-7(2)16(31)25-8(3)17(32)26-14-12-11(9(27)5-10(28)13(12)29)18(33)34-20(14,4)19(21)22/h6-8,10,12-14,19,27-29H,5,23H2,1-4H3,(H,24,30)(H,25,31)(H,26,32)/t6-,7-,8-,10+,12?,13-,14+,20-/m0/s1. The number of carbonyl (C=O) groups is 4. The molecule has 1 unspecified atom stereocenters. The molecule has 1 fully saturated rings. The van der Waals surface area contributed by atoms with Crippen molar-refractivity contribution in [3.8, 4) is 0 Å². The smallest absolute Gasteiger partial charge is 0.338 e. The molecule has 0 radical (unpaired) electrons. The highest BCUT2D eigenvalue weighted by molar-refractivity contribution is 6.45. The summed E-state index contributed by atoms with van der Waals surface area (Å²) in [6.45, 7) is 5.54. The molecular formula is C20H30Cl2N4O8. The van der Waals surface area contributed by atoms with E-state index >= 15 is 0 Å². The van der Waals surface area contributed by atoms with Gasteiger partial charge in [-0.15, -0.1) is 23.2 Å². The van der Waals surface area contributed by atoms with Crippen LogP contribution in [0, 0.1) is 5.92 Å². The van der Waals surface area contributed by atoms with Crippen LogP contribution in [0.25, 0.3) is 0 Å². The van der Waals surface area contributed by atoms with E-state index in [0.717, 1.165) is 0 Å². The summed E-state index contributed by atoms with van der Waals surface area (Å²) in [6, 6.07) is -4.27. The van der Waals surface area contributed by atoms with Gasteiger partial charge in [0.1, 0.15) is 22.7 Å². The van der Waals surface area contributed by atoms with Crippen LogP contribution in [0.1, 0.15) is 34.1 Å². The predicted molar refractivity (Wildman–Crippen MR) is 121 cm³/mol. The lowest BCUT2D eigenvalue weighted by atomic mass is 9.71. The Labute approximate surface area is 206 Å². The van der Waals surface area contributed by atoms with Gasteiger partial charge in [0.15, 0.2) is 5.60 Å². The van der Waals surface area contributed by atoms with Gasteiger partial charge >= 0.3 is 5.97 Å². The zero-order chi connectivity index (χ0) is 26.1. The lowest BCUT2D eigenvalue weighted by Gasteiger charge is -2.50. The SMILES string of the molecule is C[C@H](N)C(=O)N[C@@H](C)C(=O)N[C@@H](C)C(=O)N[C@@H]1C2C(=C(O)C[C@@H](O)[C@@H]2O)C(=O)O[C@]1(C)C(Cl)Cl. The topological polar surface area (TPSA) is 200 Å². The molecule has 0 bridgehead atoms. The molecule has 1 aliphatic carbocycles. The van der Waals surface area contributed by atoms with E-state index in [1.54, 1.807) is 0 Å². The molecule has 0 spiro atoms. The van der Waals surface area contributed by atoms with Gasteiger partial charge in [-0.05, 0) is 27.7 Å². The summed E-state index contributed by atoms with van der Waals surface area (Å²) in [6.07, 6.45) is -3.38. The van der Waals surface area contributed by atoms with Gasteiger partial charge in [0.2, 0.25) is 17.7 Å². The number of nitrogens with two attached hydrogens (primary N) is 1. The molecule has 1 aliphatic heterocycles. The molecule has 192 valence electrons. The van der Waals surface area contributed by atoms with E-state index in [1.165, 1.54) is 27.7 Å². The molecule has 0 aromatic carbocycles. The Bertz CT molecular complexity index is 883. The minimum Gasteiger partial charge on any atom is -0.512 e. The van der Waals surface area contributed by atoms with Crippen LogP contribution in [-0.4, -0.2) is 85.8 Å². The number of rotatable bonds is 7. The van der Waals surface area contributed by atoms with Gasteiger partial charge in [0.25, 0.3) is 0 Å². The van der Waals surface area contributed by atoms with Crippen molar-refractivity contribution in [2.75, 3.05) is 0 Å². The van der Waals surface area contributed by atoms with Crippen molar-refractivity contribution in [2.45, 2.75) is 80.9 Å². The van der Waals surface area contributed by atoms with E-state index in [-0.39, 0.29) is 12.0 Å². The van der Waals surface area contributed by atoms with E-state index < -0.39 is 82.2 Å². The minimum atomic E-state index is -1.76. The van der Waals surface area contributed by atoms with Crippen molar-refractivity contribution < 1.29 is 39.2 Å². The third-order valence-electron chi connectivity index (χ3n) is 5.97. The predicted octanol–water partition coefficient (Wildman–Crippen LogP) is -1.50. The molecule has 2 rings (SSSR count). The summed E-state index contributed by atoms with van der Waals surface area (Å²) in [5.41, 5.74) is 3.39. The number of esters is 1. The average Bonchev–Trinajstić information content (AvgIpc) is 2.72. The van der Waals surface area contributed by atoms with Gasteiger partial charge in [-0.1, -0.05) is 0 Å². The molecule has 0 saturated carbocycles. The maximum absolute atomic E-state index is 13.0. The first-order valence-electron chi connectivity index (χ1n) is 10.6. The number of halogens is 2. The van der Waals surface area contributed by atoms with Gasteiger partial charge in [-0.2, -0.15) is 0 Å². The van der Waals surface area contributed by atoms with Crippen LogP contribution in [0.2, 0.25) is 0 Å². The van der Waals surface area contributed by atoms with Crippen molar-refractivity contribution in [1.29, 1.82) is 0 Å². The van der Waals surface area contributed by atoms with Crippen LogP contribution >= 0.6 is 23.2 Å². The highest BCUT2D eigenvalue weighted by Gasteiger charge is 2.59. The summed E-state index contributed by atoms with van der Waals surface area (Å²) >= 11 is 12.1. The molecule has 8 N–H and O–H groups in total. The largest absolute Gasteiger partial charge is 0.512 e. The number of hydrogen-bond donors (Lipinski definition) is 7. The molecule has 3 amide bonds. The Morgan fingerprint density at radius 2 is 1.62 bits per heavy atom. The van der Waals surface area contributed by atoms with Gasteiger partial charge in [-0.25, -0.2) is 4.79 Å². The first-order valence-corrected chi connectivity index (χ1v) is 11.4. The number of nitrogens with one attached hydrogen (secondary N) is 3. The van der Waals surface area contributed by atoms with Crippen molar-refractivity contribution in [3.05, 3.63) is 11.3 Å². The number of carbonyl (C=O) groups excluding carboxylic acids is 4. The number of ether oxygens (including phenoxy) is 1. The highest BCUT2D eigenvalue weighted by atomic mass is 35.5. The highest BCUT2D eigenvalue weighted by Crippen LogP contribution is 2.44. The first kappa shape index (κ1) is 28.1. The van der Waals surface area contributed by atoms with E-state index in [1.807, 2.05) is 0 Å². The Morgan fingerprint density at radius 1 is 1.09 bits per heavy atom. The second-order valence-electron chi connectivity index (χ2n) is 8.76. The normalized spacial score (nSPS) is 31.6. The molecule has 1 saturated heterocycles. The van der Waals surface area contributed by atoms with Crippen LogP contribution in [-0.2, 0) is 23.9 Å². The lowest BCUT2D eigenvalue weighted by molar-refractivity contribution is -0.173. The minimum absolute atomic E-state index is 0.307. The van der Waals surface area contributed by atoms with Crippen LogP contribution in [0.5, 0.6) is 0 Å². The lowest BCUT2D eigenvalue weighted by Crippen LogP contribution is -2.69. The Morgan fingerprint density at radius 3 is 2.15 bits per heavy atom. The van der Waals surface area contributed by atoms with E-state index in [4.69, 9.17) is 33.7 Å². The summed E-state index contributed by atoms with van der Waals surface area (Å²) in [5.74, 6) is -4.78. The third-order valence-corrected chi connectivity index (χ3v) is 6.83. The fourth-order valence-corrected chi connectivity index (χ4v) is 4.19. The number of hydrogen-bond acceptors (Lipinski definition) is 9. The quantitative estimate of drug-likeness (QED) is 0.153. The monoisotopic (exact) mass is 524 g/mol. The maximum Gasteiger partial charge on any atom is 0.338 e. The number of aliphatic hydroxyl groups is 3. The van der Waals surface area contributed by atoms with Crippen molar-refractivity contribution in [1.82, 2.24) is 16.0 Å². The molecule has 14 heteroatoms. The second kappa shape index (κ2) is 10.6. The van der Waals surface area contributed by atoms with Crippen LogP contribution in [0.3, 0.4) is 0 Å². The maximum atomic E-state index is 13.0. The van der Waals surface area contributed by atoms with Gasteiger partial charge in [0.05, 0.1) is 29.9 Å². The van der Waals surface area contributed by atoms with Gasteiger partial charge in [-0.3, -0.25) is 14.4 Å². The molecule has 2 aliphatic rings. The molecule has 1 heterocycles. The zero-order valence-electron chi connectivity index (χ0n) is 19.0. The molecule has 34 heavy (non-hydrogen) atoms. The first-order chi connectivity index (χ1) is 15.6. The summed E-state index contributed by atoms with van der Waals surface area (Å²) in [7, 11) is 0. The second-order valence-corrected chi connectivity index (χ2v) is 9.85. The number of cyclic esters (lactones) is 1. The zero-order valence-corrected chi connectivity index (χ0v) is 20.6. The van der Waals surface area contributed by atoms with Crippen molar-refractivity contribution in [2.24, 2.45) is 11.7 Å². The Balaban J connectivity index is 2.26. The van der Waals surface area contributed by atoms with Gasteiger partial charge in [0, 0.05) is 12.3 Å². The van der Waals surface area contributed by atoms with E-state index in [9.17, 15) is 34.5 Å². The van der Waals surface area contributed by atoms with Crippen LogP contribution in [0.4, 0.5) is 0 Å². The molecule has 0 aromatic heterocycles. The van der Waals surface area contributed by atoms with Crippen molar-refractivity contribution in [3.63, 3.8) is 0 Å². The molecule has 12 nitrogen and oxygen atoms in total. The molecule has 8 atom stereocenters. The molecule has 0 aromatic rings. The van der Waals surface area contributed by atoms with Crippen LogP contribution < -0.4 is 21.7 Å². The number of aliphatic hydroxyl groups excluding tert-OH is 3. The Hall–Kier alpha value is -2.12. The number of fused-ring (bicyclic) bond motifs is 1. The van der Waals surface area contributed by atoms with Crippen LogP contribution in [0.15, 0.2) is 11.3 Å².